The van der Waals surface area contributed by atoms with Gasteiger partial charge in [0.2, 0.25) is 0 Å². The first kappa shape index (κ1) is 17.3. The normalized spacial score (nSPS) is 17.7. The largest absolute Gasteiger partial charge is 0.480 e. The van der Waals surface area contributed by atoms with Crippen LogP contribution in [0.15, 0.2) is 87.3 Å². The number of carbonyl (C=O) groups excluding carboxylic acids is 1. The minimum atomic E-state index is -0.436. The van der Waals surface area contributed by atoms with Crippen LogP contribution in [0.5, 0.6) is 5.75 Å². The first-order valence-corrected chi connectivity index (χ1v) is 9.73. The predicted octanol–water partition coefficient (Wildman–Crippen LogP) is 6.61. The summed E-state index contributed by atoms with van der Waals surface area (Å²) < 4.78 is 8.21. The Morgan fingerprint density at radius 1 is 0.808 bits per heavy atom. The zero-order valence-corrected chi connectivity index (χ0v) is 16.8. The standard InChI is InChI=1S/C22H14Br2O2/c23-16-9-5-14(6-10-16)13-19-21(25)18-3-1-2-4-20(18)26-22(19)15-7-11-17(24)12-8-15/h1-13,22H/b19-13+/t22-/m0/s1. The molecule has 0 saturated carbocycles. The number of ketones is 1. The predicted molar refractivity (Wildman–Crippen MR) is 110 cm³/mol. The van der Waals surface area contributed by atoms with Gasteiger partial charge in [0.05, 0.1) is 5.56 Å². The third-order valence-corrected chi connectivity index (χ3v) is 5.34. The van der Waals surface area contributed by atoms with Gasteiger partial charge in [0.1, 0.15) is 5.75 Å². The molecular weight excluding hydrogens is 456 g/mol. The lowest BCUT2D eigenvalue weighted by atomic mass is 9.89. The Bertz CT molecular complexity index is 989. The van der Waals surface area contributed by atoms with Crippen molar-refractivity contribution in [2.45, 2.75) is 6.10 Å². The third kappa shape index (κ3) is 3.39. The molecule has 26 heavy (non-hydrogen) atoms. The fourth-order valence-corrected chi connectivity index (χ4v) is 3.52. The topological polar surface area (TPSA) is 26.3 Å². The van der Waals surface area contributed by atoms with Crippen molar-refractivity contribution in [2.24, 2.45) is 0 Å². The smallest absolute Gasteiger partial charge is 0.196 e. The van der Waals surface area contributed by atoms with Gasteiger partial charge in [-0.2, -0.15) is 0 Å². The molecule has 4 rings (SSSR count). The molecule has 1 aliphatic heterocycles. The molecule has 0 bridgehead atoms. The Hall–Kier alpha value is -2.17. The number of benzene rings is 3. The number of carbonyl (C=O) groups is 1. The Kier molecular flexibility index (Phi) is 4.79. The first-order valence-electron chi connectivity index (χ1n) is 8.15. The van der Waals surface area contributed by atoms with Crippen molar-refractivity contribution in [3.8, 4) is 5.75 Å². The van der Waals surface area contributed by atoms with Gasteiger partial charge < -0.3 is 4.74 Å². The lowest BCUT2D eigenvalue weighted by Gasteiger charge is -2.28. The summed E-state index contributed by atoms with van der Waals surface area (Å²) in [5.74, 6) is 0.626. The molecule has 128 valence electrons. The maximum Gasteiger partial charge on any atom is 0.196 e. The molecule has 4 heteroatoms. The fourth-order valence-electron chi connectivity index (χ4n) is 2.99. The second kappa shape index (κ2) is 7.22. The Morgan fingerprint density at radius 2 is 1.42 bits per heavy atom. The van der Waals surface area contributed by atoms with Gasteiger partial charge in [0, 0.05) is 14.5 Å². The van der Waals surface area contributed by atoms with Crippen LogP contribution in [0.2, 0.25) is 0 Å². The van der Waals surface area contributed by atoms with Crippen LogP contribution in [0.25, 0.3) is 6.08 Å². The molecule has 0 aromatic heterocycles. The van der Waals surface area contributed by atoms with E-state index in [0.717, 1.165) is 20.1 Å². The second-order valence-electron chi connectivity index (χ2n) is 6.03. The summed E-state index contributed by atoms with van der Waals surface area (Å²) in [5.41, 5.74) is 3.14. The van der Waals surface area contributed by atoms with Crippen molar-refractivity contribution >= 4 is 43.7 Å². The number of Topliss-reactive ketones (excluding diaryl/α,β-unsaturated/α-hetero) is 1. The maximum atomic E-state index is 13.2. The molecule has 0 unspecified atom stereocenters. The summed E-state index contributed by atoms with van der Waals surface area (Å²) in [7, 11) is 0. The van der Waals surface area contributed by atoms with Gasteiger partial charge in [0.15, 0.2) is 11.9 Å². The molecular formula is C22H14Br2O2. The summed E-state index contributed by atoms with van der Waals surface area (Å²) in [5, 5.41) is 0. The molecule has 0 aliphatic carbocycles. The quantitative estimate of drug-likeness (QED) is 0.394. The lowest BCUT2D eigenvalue weighted by molar-refractivity contribution is 0.0963. The van der Waals surface area contributed by atoms with Crippen molar-refractivity contribution < 1.29 is 9.53 Å². The Labute approximate surface area is 168 Å². The van der Waals surface area contributed by atoms with Crippen LogP contribution in [-0.4, -0.2) is 5.78 Å². The van der Waals surface area contributed by atoms with Crippen LogP contribution in [0.1, 0.15) is 27.6 Å². The molecule has 0 radical (unpaired) electrons. The zero-order valence-electron chi connectivity index (χ0n) is 13.7. The highest BCUT2D eigenvalue weighted by atomic mass is 79.9. The van der Waals surface area contributed by atoms with Crippen LogP contribution in [-0.2, 0) is 0 Å². The van der Waals surface area contributed by atoms with Gasteiger partial charge in [-0.3, -0.25) is 4.79 Å². The summed E-state index contributed by atoms with van der Waals surface area (Å²) in [4.78, 5) is 13.2. The number of para-hydroxylation sites is 1. The highest BCUT2D eigenvalue weighted by molar-refractivity contribution is 9.10. The summed E-state index contributed by atoms with van der Waals surface area (Å²) in [6.07, 6.45) is 1.48. The third-order valence-electron chi connectivity index (χ3n) is 4.29. The number of hydrogen-bond donors (Lipinski definition) is 0. The number of rotatable bonds is 2. The van der Waals surface area contributed by atoms with Gasteiger partial charge in [0.25, 0.3) is 0 Å². The molecule has 2 nitrogen and oxygen atoms in total. The van der Waals surface area contributed by atoms with E-state index in [1.54, 1.807) is 0 Å². The van der Waals surface area contributed by atoms with E-state index < -0.39 is 6.10 Å². The van der Waals surface area contributed by atoms with Gasteiger partial charge in [-0.1, -0.05) is 68.3 Å². The van der Waals surface area contributed by atoms with E-state index in [4.69, 9.17) is 4.74 Å². The van der Waals surface area contributed by atoms with Crippen molar-refractivity contribution in [2.75, 3.05) is 0 Å². The monoisotopic (exact) mass is 468 g/mol. The van der Waals surface area contributed by atoms with E-state index in [1.165, 1.54) is 0 Å². The zero-order chi connectivity index (χ0) is 18.1. The minimum absolute atomic E-state index is 0.00249. The van der Waals surface area contributed by atoms with Crippen LogP contribution >= 0.6 is 31.9 Å². The van der Waals surface area contributed by atoms with E-state index in [1.807, 2.05) is 78.9 Å². The lowest BCUT2D eigenvalue weighted by Crippen LogP contribution is -2.23. The average Bonchev–Trinajstić information content (AvgIpc) is 2.66. The SMILES string of the molecule is O=C1/C(=C\c2ccc(Br)cc2)[C@H](c2ccc(Br)cc2)Oc2ccccc21. The summed E-state index contributed by atoms with van der Waals surface area (Å²) in [6, 6.07) is 23.1. The van der Waals surface area contributed by atoms with Crippen LogP contribution in [0.3, 0.4) is 0 Å². The number of hydrogen-bond acceptors (Lipinski definition) is 2. The van der Waals surface area contributed by atoms with Gasteiger partial charge in [-0.25, -0.2) is 0 Å². The molecule has 3 aromatic rings. The fraction of sp³-hybridized carbons (Fsp3) is 0.0455. The molecule has 1 atom stereocenters. The van der Waals surface area contributed by atoms with Gasteiger partial charge >= 0.3 is 0 Å². The van der Waals surface area contributed by atoms with Crippen molar-refractivity contribution in [3.63, 3.8) is 0 Å². The Morgan fingerprint density at radius 3 is 2.12 bits per heavy atom. The molecule has 3 aromatic carbocycles. The summed E-state index contributed by atoms with van der Waals surface area (Å²) >= 11 is 6.90. The molecule has 0 amide bonds. The van der Waals surface area contributed by atoms with E-state index in [0.29, 0.717) is 16.9 Å². The van der Waals surface area contributed by atoms with E-state index in [-0.39, 0.29) is 5.78 Å². The highest BCUT2D eigenvalue weighted by Crippen LogP contribution is 2.39. The number of ether oxygens (including phenoxy) is 1. The average molecular weight is 470 g/mol. The van der Waals surface area contributed by atoms with Crippen molar-refractivity contribution in [1.82, 2.24) is 0 Å². The maximum absolute atomic E-state index is 13.2. The van der Waals surface area contributed by atoms with E-state index >= 15 is 0 Å². The second-order valence-corrected chi connectivity index (χ2v) is 7.86. The molecule has 0 fully saturated rings. The number of halogens is 2. The molecule has 1 heterocycles. The van der Waals surface area contributed by atoms with Crippen LogP contribution in [0, 0.1) is 0 Å². The molecule has 1 aliphatic rings. The van der Waals surface area contributed by atoms with Crippen LogP contribution < -0.4 is 4.74 Å². The first-order chi connectivity index (χ1) is 12.6. The Balaban J connectivity index is 1.84. The van der Waals surface area contributed by atoms with E-state index in [9.17, 15) is 4.79 Å². The van der Waals surface area contributed by atoms with E-state index in [2.05, 4.69) is 31.9 Å². The summed E-state index contributed by atoms with van der Waals surface area (Å²) in [6.45, 7) is 0. The highest BCUT2D eigenvalue weighted by Gasteiger charge is 2.32. The van der Waals surface area contributed by atoms with Gasteiger partial charge in [-0.05, 0) is 53.6 Å². The molecule has 0 saturated heterocycles. The minimum Gasteiger partial charge on any atom is -0.480 e. The van der Waals surface area contributed by atoms with Gasteiger partial charge in [-0.15, -0.1) is 0 Å². The molecule has 0 N–H and O–H groups in total. The van der Waals surface area contributed by atoms with Crippen molar-refractivity contribution in [3.05, 3.63) is 104 Å². The number of fused-ring (bicyclic) bond motifs is 1. The van der Waals surface area contributed by atoms with Crippen molar-refractivity contribution in [1.29, 1.82) is 0 Å². The molecule has 0 spiro atoms. The van der Waals surface area contributed by atoms with Crippen LogP contribution in [0.4, 0.5) is 0 Å².